The van der Waals surface area contributed by atoms with E-state index >= 15 is 0 Å². The number of amides is 3. The van der Waals surface area contributed by atoms with Gasteiger partial charge in [-0.25, -0.2) is 4.79 Å². The molecule has 0 saturated carbocycles. The number of rotatable bonds is 12. The van der Waals surface area contributed by atoms with Gasteiger partial charge in [0.1, 0.15) is 12.3 Å². The molecule has 39 heavy (non-hydrogen) atoms. The van der Waals surface area contributed by atoms with E-state index in [1.54, 1.807) is 12.0 Å². The molecule has 204 valence electrons. The lowest BCUT2D eigenvalue weighted by atomic mass is 10.1. The standard InChI is InChI=1S/C32H38N4O3/c1-4-5-18-36(32(38)34-27-10-8-9-24(2)20-27)23-31(37)35(22-25-13-15-28(39-3)16-14-25)19-17-26-21-33-30-12-7-6-11-29(26)30/h6-16,20-21,33H,4-5,17-19,22-23H2,1-3H3,(H,34,38). The number of unbranched alkanes of at least 4 members (excludes halogenated alkanes) is 1. The number of fused-ring (bicyclic) bond motifs is 1. The fourth-order valence-electron chi connectivity index (χ4n) is 4.63. The maximum absolute atomic E-state index is 13.8. The number of ether oxygens (including phenoxy) is 1. The van der Waals surface area contributed by atoms with E-state index in [2.05, 4.69) is 29.4 Å². The number of nitrogens with one attached hydrogen (secondary N) is 2. The molecule has 0 fully saturated rings. The average Bonchev–Trinajstić information content (AvgIpc) is 3.36. The molecular weight excluding hydrogens is 488 g/mol. The molecule has 1 heterocycles. The molecule has 0 aliphatic rings. The molecule has 0 bridgehead atoms. The second kappa shape index (κ2) is 13.5. The lowest BCUT2D eigenvalue weighted by Gasteiger charge is -2.28. The zero-order valence-corrected chi connectivity index (χ0v) is 23.1. The fourth-order valence-corrected chi connectivity index (χ4v) is 4.63. The van der Waals surface area contributed by atoms with Crippen molar-refractivity contribution in [2.75, 3.05) is 32.1 Å². The Hall–Kier alpha value is -4.26. The third-order valence-corrected chi connectivity index (χ3v) is 6.88. The minimum Gasteiger partial charge on any atom is -0.497 e. The molecule has 0 atom stereocenters. The molecular formula is C32H38N4O3. The number of urea groups is 1. The quantitative estimate of drug-likeness (QED) is 0.225. The summed E-state index contributed by atoms with van der Waals surface area (Å²) >= 11 is 0. The highest BCUT2D eigenvalue weighted by molar-refractivity contribution is 5.92. The molecule has 7 heteroatoms. The van der Waals surface area contributed by atoms with Gasteiger partial charge >= 0.3 is 6.03 Å². The number of hydrogen-bond acceptors (Lipinski definition) is 3. The van der Waals surface area contributed by atoms with Gasteiger partial charge in [-0.1, -0.05) is 55.8 Å². The van der Waals surface area contributed by atoms with Gasteiger partial charge in [-0.2, -0.15) is 0 Å². The Morgan fingerprint density at radius 2 is 1.74 bits per heavy atom. The molecule has 0 spiro atoms. The van der Waals surface area contributed by atoms with Gasteiger partial charge in [-0.3, -0.25) is 4.79 Å². The van der Waals surface area contributed by atoms with Crippen LogP contribution in [0.5, 0.6) is 5.75 Å². The number of aromatic amines is 1. The Balaban J connectivity index is 1.51. The Labute approximate surface area is 230 Å². The summed E-state index contributed by atoms with van der Waals surface area (Å²) in [5.41, 5.74) is 5.04. The van der Waals surface area contributed by atoms with Gasteiger partial charge in [0.2, 0.25) is 5.91 Å². The van der Waals surface area contributed by atoms with Crippen molar-refractivity contribution in [2.45, 2.75) is 39.7 Å². The number of anilines is 1. The zero-order chi connectivity index (χ0) is 27.6. The largest absolute Gasteiger partial charge is 0.497 e. The van der Waals surface area contributed by atoms with Crippen molar-refractivity contribution in [2.24, 2.45) is 0 Å². The Bertz CT molecular complexity index is 1380. The van der Waals surface area contributed by atoms with Crippen molar-refractivity contribution < 1.29 is 14.3 Å². The summed E-state index contributed by atoms with van der Waals surface area (Å²) < 4.78 is 5.30. The number of methoxy groups -OCH3 is 1. The van der Waals surface area contributed by atoms with E-state index in [0.29, 0.717) is 26.1 Å². The van der Waals surface area contributed by atoms with Crippen LogP contribution in [0.4, 0.5) is 10.5 Å². The van der Waals surface area contributed by atoms with Crippen LogP contribution >= 0.6 is 0 Å². The van der Waals surface area contributed by atoms with Crippen molar-refractivity contribution in [1.82, 2.24) is 14.8 Å². The van der Waals surface area contributed by atoms with Gasteiger partial charge < -0.3 is 24.8 Å². The first kappa shape index (κ1) is 27.8. The first-order valence-corrected chi connectivity index (χ1v) is 13.5. The van der Waals surface area contributed by atoms with Crippen LogP contribution in [0.2, 0.25) is 0 Å². The van der Waals surface area contributed by atoms with E-state index in [1.165, 1.54) is 0 Å². The Morgan fingerprint density at radius 3 is 2.49 bits per heavy atom. The highest BCUT2D eigenvalue weighted by Crippen LogP contribution is 2.20. The molecule has 4 aromatic rings. The molecule has 0 unspecified atom stereocenters. The first-order chi connectivity index (χ1) is 19.0. The monoisotopic (exact) mass is 526 g/mol. The van der Waals surface area contributed by atoms with Crippen molar-refractivity contribution in [1.29, 1.82) is 0 Å². The van der Waals surface area contributed by atoms with Crippen LogP contribution in [0.15, 0.2) is 79.0 Å². The molecule has 2 N–H and O–H groups in total. The number of aromatic nitrogens is 1. The van der Waals surface area contributed by atoms with Gasteiger partial charge in [0.25, 0.3) is 0 Å². The van der Waals surface area contributed by atoms with Crippen LogP contribution in [0, 0.1) is 6.92 Å². The van der Waals surface area contributed by atoms with E-state index in [4.69, 9.17) is 4.74 Å². The van der Waals surface area contributed by atoms with E-state index < -0.39 is 0 Å². The second-order valence-electron chi connectivity index (χ2n) is 9.85. The number of carbonyl (C=O) groups is 2. The van der Waals surface area contributed by atoms with Gasteiger partial charge in [0.05, 0.1) is 7.11 Å². The number of benzene rings is 3. The third kappa shape index (κ3) is 7.63. The highest BCUT2D eigenvalue weighted by atomic mass is 16.5. The van der Waals surface area contributed by atoms with Crippen LogP contribution in [-0.2, 0) is 17.8 Å². The van der Waals surface area contributed by atoms with Crippen molar-refractivity contribution in [3.05, 3.63) is 95.7 Å². The molecule has 3 aromatic carbocycles. The zero-order valence-electron chi connectivity index (χ0n) is 23.1. The number of hydrogen-bond donors (Lipinski definition) is 2. The van der Waals surface area contributed by atoms with Crippen LogP contribution < -0.4 is 10.1 Å². The lowest BCUT2D eigenvalue weighted by Crippen LogP contribution is -2.45. The maximum Gasteiger partial charge on any atom is 0.322 e. The molecule has 1 aromatic heterocycles. The fraction of sp³-hybridized carbons (Fsp3) is 0.312. The summed E-state index contributed by atoms with van der Waals surface area (Å²) in [4.78, 5) is 33.8. The van der Waals surface area contributed by atoms with E-state index in [-0.39, 0.29) is 18.5 Å². The number of aryl methyl sites for hydroxylation is 1. The topological polar surface area (TPSA) is 77.7 Å². The second-order valence-corrected chi connectivity index (χ2v) is 9.85. The predicted octanol–water partition coefficient (Wildman–Crippen LogP) is 6.39. The molecule has 0 radical (unpaired) electrons. The van der Waals surface area contributed by atoms with Crippen LogP contribution in [0.25, 0.3) is 10.9 Å². The van der Waals surface area contributed by atoms with E-state index in [9.17, 15) is 9.59 Å². The van der Waals surface area contributed by atoms with Crippen molar-refractivity contribution in [3.8, 4) is 5.75 Å². The van der Waals surface area contributed by atoms with E-state index in [1.807, 2.05) is 78.7 Å². The minimum absolute atomic E-state index is 0.0156. The minimum atomic E-state index is -0.261. The van der Waals surface area contributed by atoms with Crippen molar-refractivity contribution >= 4 is 28.5 Å². The molecule has 0 aliphatic carbocycles. The van der Waals surface area contributed by atoms with Crippen LogP contribution in [0.3, 0.4) is 0 Å². The summed E-state index contributed by atoms with van der Waals surface area (Å²) in [6.45, 7) is 5.58. The molecule has 3 amide bonds. The predicted molar refractivity (Wildman–Crippen MR) is 157 cm³/mol. The Morgan fingerprint density at radius 1 is 0.949 bits per heavy atom. The van der Waals surface area contributed by atoms with Gasteiger partial charge in [0.15, 0.2) is 0 Å². The SMILES string of the molecule is CCCCN(CC(=O)N(CCc1c[nH]c2ccccc12)Cc1ccc(OC)cc1)C(=O)Nc1cccc(C)c1. The smallest absolute Gasteiger partial charge is 0.322 e. The van der Waals surface area contributed by atoms with E-state index in [0.717, 1.165) is 51.9 Å². The summed E-state index contributed by atoms with van der Waals surface area (Å²) in [5, 5.41) is 4.13. The summed E-state index contributed by atoms with van der Waals surface area (Å²) in [5.74, 6) is 0.690. The highest BCUT2D eigenvalue weighted by Gasteiger charge is 2.22. The van der Waals surface area contributed by atoms with Crippen molar-refractivity contribution in [3.63, 3.8) is 0 Å². The van der Waals surface area contributed by atoms with Crippen LogP contribution in [0.1, 0.15) is 36.5 Å². The maximum atomic E-state index is 13.8. The third-order valence-electron chi connectivity index (χ3n) is 6.88. The van der Waals surface area contributed by atoms with Gasteiger partial charge in [0, 0.05) is 42.4 Å². The molecule has 7 nitrogen and oxygen atoms in total. The normalized spacial score (nSPS) is 10.8. The molecule has 4 rings (SSSR count). The average molecular weight is 527 g/mol. The summed E-state index contributed by atoms with van der Waals surface area (Å²) in [6.07, 6.45) is 4.47. The summed E-state index contributed by atoms with van der Waals surface area (Å²) in [6, 6.07) is 23.4. The Kier molecular flexibility index (Phi) is 9.62. The first-order valence-electron chi connectivity index (χ1n) is 13.5. The number of H-pyrrole nitrogens is 1. The van der Waals surface area contributed by atoms with Gasteiger partial charge in [-0.15, -0.1) is 0 Å². The summed E-state index contributed by atoms with van der Waals surface area (Å²) in [7, 11) is 1.64. The number of carbonyl (C=O) groups excluding carboxylic acids is 2. The lowest BCUT2D eigenvalue weighted by molar-refractivity contribution is -0.132. The molecule has 0 saturated heterocycles. The number of para-hydroxylation sites is 1. The molecule has 0 aliphatic heterocycles. The van der Waals surface area contributed by atoms with Gasteiger partial charge in [-0.05, 0) is 66.8 Å². The number of nitrogens with zero attached hydrogens (tertiary/aromatic N) is 2. The van der Waals surface area contributed by atoms with Crippen LogP contribution in [-0.4, -0.2) is 53.5 Å².